The lowest BCUT2D eigenvalue weighted by molar-refractivity contribution is 0.171. The van der Waals surface area contributed by atoms with Gasteiger partial charge in [0.05, 0.1) is 13.3 Å². The van der Waals surface area contributed by atoms with Gasteiger partial charge in [0.1, 0.15) is 5.76 Å². The van der Waals surface area contributed by atoms with E-state index in [1.54, 1.807) is 6.20 Å². The number of aromatic nitrogens is 1. The summed E-state index contributed by atoms with van der Waals surface area (Å²) in [4.78, 5) is 14.4. The average molecular weight is 199 g/mol. The van der Waals surface area contributed by atoms with E-state index in [1.807, 2.05) is 0 Å². The molecule has 0 spiro atoms. The fraction of sp³-hybridized carbons (Fsp3) is 0.500. The molecule has 0 bridgehead atoms. The maximum atomic E-state index is 10.6. The molecule has 0 aliphatic carbocycles. The van der Waals surface area contributed by atoms with Crippen molar-refractivity contribution >= 4 is 12.1 Å². The highest BCUT2D eigenvalue weighted by Crippen LogP contribution is 2.06. The number of nitrogen functional groups attached to an aromatic ring is 1. The molecule has 1 heterocycles. The van der Waals surface area contributed by atoms with Crippen molar-refractivity contribution in [3.63, 3.8) is 0 Å². The standard InChI is InChI=1S/C8H13N3O3/c1-13-8(12)10-4-2-3-6-5-11-7(9)14-6/h5H,2-4H2,1H3,(H2,9,11)(H,10,12). The lowest BCUT2D eigenvalue weighted by Crippen LogP contribution is -2.24. The van der Waals surface area contributed by atoms with Gasteiger partial charge < -0.3 is 20.2 Å². The monoisotopic (exact) mass is 199 g/mol. The average Bonchev–Trinajstić information content (AvgIpc) is 2.58. The van der Waals surface area contributed by atoms with E-state index in [1.165, 1.54) is 7.11 Å². The molecule has 0 aromatic carbocycles. The molecule has 1 rings (SSSR count). The zero-order valence-electron chi connectivity index (χ0n) is 7.95. The van der Waals surface area contributed by atoms with E-state index in [4.69, 9.17) is 10.2 Å². The lowest BCUT2D eigenvalue weighted by atomic mass is 10.3. The molecule has 0 fully saturated rings. The van der Waals surface area contributed by atoms with Gasteiger partial charge in [-0.25, -0.2) is 9.78 Å². The summed E-state index contributed by atoms with van der Waals surface area (Å²) >= 11 is 0. The Morgan fingerprint density at radius 1 is 1.79 bits per heavy atom. The third-order valence-electron chi connectivity index (χ3n) is 1.63. The number of alkyl carbamates (subject to hydrolysis) is 1. The molecule has 1 amide bonds. The summed E-state index contributed by atoms with van der Waals surface area (Å²) in [5.41, 5.74) is 5.29. The van der Waals surface area contributed by atoms with Gasteiger partial charge >= 0.3 is 6.09 Å². The number of ether oxygens (including phenoxy) is 1. The van der Waals surface area contributed by atoms with Crippen LogP contribution in [0.4, 0.5) is 10.8 Å². The van der Waals surface area contributed by atoms with Crippen molar-refractivity contribution < 1.29 is 13.9 Å². The van der Waals surface area contributed by atoms with Gasteiger partial charge in [0, 0.05) is 13.0 Å². The number of hydrogen-bond acceptors (Lipinski definition) is 5. The molecule has 14 heavy (non-hydrogen) atoms. The van der Waals surface area contributed by atoms with Crippen LogP contribution in [-0.4, -0.2) is 24.7 Å². The summed E-state index contributed by atoms with van der Waals surface area (Å²) in [6.07, 6.45) is 2.59. The fourth-order valence-electron chi connectivity index (χ4n) is 0.963. The molecular weight excluding hydrogens is 186 g/mol. The second-order valence-electron chi connectivity index (χ2n) is 2.69. The van der Waals surface area contributed by atoms with E-state index >= 15 is 0 Å². The fourth-order valence-corrected chi connectivity index (χ4v) is 0.963. The third kappa shape index (κ3) is 3.34. The number of nitrogens with zero attached hydrogens (tertiary/aromatic N) is 1. The zero-order chi connectivity index (χ0) is 10.4. The molecule has 0 unspecified atom stereocenters. The van der Waals surface area contributed by atoms with Crippen LogP contribution in [0.2, 0.25) is 0 Å². The predicted octanol–water partition coefficient (Wildman–Crippen LogP) is 0.545. The highest BCUT2D eigenvalue weighted by Gasteiger charge is 2.01. The Kier molecular flexibility index (Phi) is 3.78. The first-order valence-electron chi connectivity index (χ1n) is 4.24. The normalized spacial score (nSPS) is 9.79. The largest absolute Gasteiger partial charge is 0.453 e. The minimum absolute atomic E-state index is 0.168. The van der Waals surface area contributed by atoms with Gasteiger partial charge in [-0.15, -0.1) is 0 Å². The summed E-state index contributed by atoms with van der Waals surface area (Å²) in [6.45, 7) is 0.535. The lowest BCUT2D eigenvalue weighted by Gasteiger charge is -2.01. The highest BCUT2D eigenvalue weighted by atomic mass is 16.5. The van der Waals surface area contributed by atoms with Crippen molar-refractivity contribution in [2.45, 2.75) is 12.8 Å². The summed E-state index contributed by atoms with van der Waals surface area (Å²) in [6, 6.07) is 0.168. The van der Waals surface area contributed by atoms with E-state index < -0.39 is 6.09 Å². The van der Waals surface area contributed by atoms with Crippen LogP contribution in [0.1, 0.15) is 12.2 Å². The van der Waals surface area contributed by atoms with E-state index in [-0.39, 0.29) is 6.01 Å². The van der Waals surface area contributed by atoms with E-state index in [0.29, 0.717) is 18.7 Å². The Balaban J connectivity index is 2.13. The molecule has 0 atom stereocenters. The molecule has 3 N–H and O–H groups in total. The SMILES string of the molecule is COC(=O)NCCCc1cnc(N)o1. The molecule has 0 saturated carbocycles. The number of nitrogens with two attached hydrogens (primary N) is 1. The molecule has 0 radical (unpaired) electrons. The van der Waals surface area contributed by atoms with Crippen LogP contribution in [0.25, 0.3) is 0 Å². The second kappa shape index (κ2) is 5.11. The van der Waals surface area contributed by atoms with Gasteiger partial charge in [-0.2, -0.15) is 0 Å². The smallest absolute Gasteiger partial charge is 0.406 e. The molecule has 0 aliphatic rings. The van der Waals surface area contributed by atoms with Crippen molar-refractivity contribution in [3.05, 3.63) is 12.0 Å². The number of nitrogens with one attached hydrogen (secondary N) is 1. The van der Waals surface area contributed by atoms with Gasteiger partial charge in [-0.1, -0.05) is 0 Å². The van der Waals surface area contributed by atoms with E-state index in [9.17, 15) is 4.79 Å². The summed E-state index contributed by atoms with van der Waals surface area (Å²) in [7, 11) is 1.33. The number of carbonyl (C=O) groups is 1. The second-order valence-corrected chi connectivity index (χ2v) is 2.69. The Hall–Kier alpha value is -1.72. The molecule has 6 nitrogen and oxygen atoms in total. The predicted molar refractivity (Wildman–Crippen MR) is 49.6 cm³/mol. The first-order valence-corrected chi connectivity index (χ1v) is 4.24. The molecular formula is C8H13N3O3. The van der Waals surface area contributed by atoms with Gasteiger partial charge in [0.2, 0.25) is 0 Å². The van der Waals surface area contributed by atoms with E-state index in [0.717, 1.165) is 6.42 Å². The van der Waals surface area contributed by atoms with Crippen LogP contribution in [0.3, 0.4) is 0 Å². The number of amides is 1. The molecule has 1 aromatic heterocycles. The van der Waals surface area contributed by atoms with Gasteiger partial charge in [0.15, 0.2) is 0 Å². The number of oxazole rings is 1. The number of carbonyl (C=O) groups excluding carboxylic acids is 1. The molecule has 0 aliphatic heterocycles. The zero-order valence-corrected chi connectivity index (χ0v) is 7.95. The van der Waals surface area contributed by atoms with Crippen LogP contribution in [0.15, 0.2) is 10.6 Å². The quantitative estimate of drug-likeness (QED) is 0.691. The number of methoxy groups -OCH3 is 1. The summed E-state index contributed by atoms with van der Waals surface area (Å²) in [5, 5.41) is 2.55. The van der Waals surface area contributed by atoms with Crippen molar-refractivity contribution in [3.8, 4) is 0 Å². The van der Waals surface area contributed by atoms with Crippen LogP contribution < -0.4 is 11.1 Å². The first-order chi connectivity index (χ1) is 6.72. The Labute approximate surface area is 81.4 Å². The first kappa shape index (κ1) is 10.4. The van der Waals surface area contributed by atoms with Crippen molar-refractivity contribution in [2.24, 2.45) is 0 Å². The van der Waals surface area contributed by atoms with Gasteiger partial charge in [-0.3, -0.25) is 0 Å². The minimum atomic E-state index is -0.429. The van der Waals surface area contributed by atoms with E-state index in [2.05, 4.69) is 15.0 Å². The van der Waals surface area contributed by atoms with Crippen molar-refractivity contribution in [2.75, 3.05) is 19.4 Å². The number of anilines is 1. The molecule has 6 heteroatoms. The maximum Gasteiger partial charge on any atom is 0.406 e. The van der Waals surface area contributed by atoms with Crippen LogP contribution in [0.5, 0.6) is 0 Å². The summed E-state index contributed by atoms with van der Waals surface area (Å²) in [5.74, 6) is 0.717. The van der Waals surface area contributed by atoms with Gasteiger partial charge in [-0.05, 0) is 6.42 Å². The minimum Gasteiger partial charge on any atom is -0.453 e. The number of aryl methyl sites for hydroxylation is 1. The highest BCUT2D eigenvalue weighted by molar-refractivity contribution is 5.66. The van der Waals surface area contributed by atoms with Crippen LogP contribution in [-0.2, 0) is 11.2 Å². The maximum absolute atomic E-state index is 10.6. The Bertz CT molecular complexity index is 298. The molecule has 1 aromatic rings. The third-order valence-corrected chi connectivity index (χ3v) is 1.63. The molecule has 0 saturated heterocycles. The topological polar surface area (TPSA) is 90.4 Å². The van der Waals surface area contributed by atoms with Gasteiger partial charge in [0.25, 0.3) is 6.01 Å². The Morgan fingerprint density at radius 3 is 3.14 bits per heavy atom. The molecule has 78 valence electrons. The Morgan fingerprint density at radius 2 is 2.57 bits per heavy atom. The number of rotatable bonds is 4. The van der Waals surface area contributed by atoms with Crippen molar-refractivity contribution in [1.29, 1.82) is 0 Å². The van der Waals surface area contributed by atoms with Crippen molar-refractivity contribution in [1.82, 2.24) is 10.3 Å². The van der Waals surface area contributed by atoms with Crippen LogP contribution in [0, 0.1) is 0 Å². The summed E-state index contributed by atoms with van der Waals surface area (Å²) < 4.78 is 9.44. The number of hydrogen-bond donors (Lipinski definition) is 2. The van der Waals surface area contributed by atoms with Crippen LogP contribution >= 0.6 is 0 Å².